The molecule has 2 amide bonds. The molecule has 0 spiro atoms. The van der Waals surface area contributed by atoms with E-state index in [1.807, 2.05) is 6.92 Å². The van der Waals surface area contributed by atoms with E-state index in [2.05, 4.69) is 0 Å². The Kier molecular flexibility index (Phi) is 5.75. The number of amides is 2. The van der Waals surface area contributed by atoms with Crippen molar-refractivity contribution in [2.75, 3.05) is 33.3 Å². The molecule has 8 heteroatoms. The predicted octanol–water partition coefficient (Wildman–Crippen LogP) is -0.0656. The highest BCUT2D eigenvalue weighted by Gasteiger charge is 2.32. The van der Waals surface area contributed by atoms with Gasteiger partial charge in [0.25, 0.3) is 0 Å². The number of carbonyl (C=O) groups excluding carboxylic acids is 1. The maximum absolute atomic E-state index is 12.2. The molecule has 1 aliphatic rings. The van der Waals surface area contributed by atoms with E-state index in [0.717, 1.165) is 11.3 Å². The van der Waals surface area contributed by atoms with E-state index in [1.165, 1.54) is 4.90 Å². The lowest BCUT2D eigenvalue weighted by Gasteiger charge is -2.38. The molecule has 2 atom stereocenters. The summed E-state index contributed by atoms with van der Waals surface area (Å²) >= 11 is 0. The van der Waals surface area contributed by atoms with Crippen LogP contribution in [0.1, 0.15) is 13.3 Å². The molecular formula is C12H20N2O6. The summed E-state index contributed by atoms with van der Waals surface area (Å²) in [6.07, 6.45) is 0.613. The number of carboxylic acid groups (broad SMARTS) is 2. The van der Waals surface area contributed by atoms with E-state index in [1.54, 1.807) is 7.11 Å². The van der Waals surface area contributed by atoms with Crippen molar-refractivity contribution in [3.8, 4) is 0 Å². The second-order valence-electron chi connectivity index (χ2n) is 4.91. The molecule has 1 saturated heterocycles. The first-order valence-electron chi connectivity index (χ1n) is 6.35. The second-order valence-corrected chi connectivity index (χ2v) is 4.91. The Hall–Kier alpha value is -1.83. The zero-order valence-electron chi connectivity index (χ0n) is 11.6. The van der Waals surface area contributed by atoms with E-state index < -0.39 is 31.1 Å². The van der Waals surface area contributed by atoms with Crippen LogP contribution in [0, 0.1) is 5.92 Å². The SMILES string of the molecule is COC1CN(C(=O)N(CC(=O)O)CC(=O)O)CCC1C. The minimum Gasteiger partial charge on any atom is -0.480 e. The summed E-state index contributed by atoms with van der Waals surface area (Å²) in [6.45, 7) is 1.56. The normalized spacial score (nSPS) is 22.4. The van der Waals surface area contributed by atoms with Crippen molar-refractivity contribution in [3.05, 3.63) is 0 Å². The van der Waals surface area contributed by atoms with E-state index in [0.29, 0.717) is 19.0 Å². The summed E-state index contributed by atoms with van der Waals surface area (Å²) in [4.78, 5) is 35.9. The molecule has 0 saturated carbocycles. The smallest absolute Gasteiger partial charge is 0.323 e. The van der Waals surface area contributed by atoms with Crippen LogP contribution in [0.2, 0.25) is 0 Å². The van der Waals surface area contributed by atoms with Crippen LogP contribution in [0.5, 0.6) is 0 Å². The van der Waals surface area contributed by atoms with Gasteiger partial charge in [-0.2, -0.15) is 0 Å². The van der Waals surface area contributed by atoms with Crippen molar-refractivity contribution in [1.29, 1.82) is 0 Å². The molecule has 0 radical (unpaired) electrons. The van der Waals surface area contributed by atoms with Gasteiger partial charge in [0, 0.05) is 20.2 Å². The lowest BCUT2D eigenvalue weighted by Crippen LogP contribution is -2.53. The molecule has 2 N–H and O–H groups in total. The molecule has 1 heterocycles. The van der Waals surface area contributed by atoms with Gasteiger partial charge >= 0.3 is 18.0 Å². The number of nitrogens with zero attached hydrogens (tertiary/aromatic N) is 2. The molecule has 1 aliphatic heterocycles. The monoisotopic (exact) mass is 288 g/mol. The molecule has 2 unspecified atom stereocenters. The lowest BCUT2D eigenvalue weighted by molar-refractivity contribution is -0.140. The third kappa shape index (κ3) is 4.37. The minimum absolute atomic E-state index is 0.121. The average Bonchev–Trinajstić information content (AvgIpc) is 2.36. The fourth-order valence-corrected chi connectivity index (χ4v) is 2.23. The van der Waals surface area contributed by atoms with Crippen LogP contribution in [-0.4, -0.2) is 77.4 Å². The molecule has 8 nitrogen and oxygen atoms in total. The fourth-order valence-electron chi connectivity index (χ4n) is 2.23. The Labute approximate surface area is 116 Å². The van der Waals surface area contributed by atoms with Crippen molar-refractivity contribution in [1.82, 2.24) is 9.80 Å². The van der Waals surface area contributed by atoms with Gasteiger partial charge in [0.15, 0.2) is 0 Å². The van der Waals surface area contributed by atoms with Gasteiger partial charge in [-0.25, -0.2) is 4.79 Å². The first kappa shape index (κ1) is 16.2. The summed E-state index contributed by atoms with van der Waals surface area (Å²) in [5, 5.41) is 17.5. The topological polar surface area (TPSA) is 107 Å². The van der Waals surface area contributed by atoms with E-state index in [4.69, 9.17) is 14.9 Å². The van der Waals surface area contributed by atoms with Crippen LogP contribution in [0.15, 0.2) is 0 Å². The van der Waals surface area contributed by atoms with Gasteiger partial charge in [-0.1, -0.05) is 6.92 Å². The number of carbonyl (C=O) groups is 3. The number of methoxy groups -OCH3 is 1. The van der Waals surface area contributed by atoms with Gasteiger partial charge in [0.05, 0.1) is 6.10 Å². The number of hydrogen-bond donors (Lipinski definition) is 2. The minimum atomic E-state index is -1.24. The Morgan fingerprint density at radius 1 is 1.25 bits per heavy atom. The van der Waals surface area contributed by atoms with Crippen LogP contribution in [0.25, 0.3) is 0 Å². The molecular weight excluding hydrogens is 268 g/mol. The molecule has 0 aromatic rings. The number of likely N-dealkylation sites (tertiary alicyclic amines) is 1. The third-order valence-electron chi connectivity index (χ3n) is 3.39. The van der Waals surface area contributed by atoms with Gasteiger partial charge in [-0.15, -0.1) is 0 Å². The summed E-state index contributed by atoms with van der Waals surface area (Å²) in [7, 11) is 1.56. The van der Waals surface area contributed by atoms with Gasteiger partial charge in [0.1, 0.15) is 13.1 Å². The molecule has 0 bridgehead atoms. The first-order valence-corrected chi connectivity index (χ1v) is 6.35. The van der Waals surface area contributed by atoms with Gasteiger partial charge in [-0.3, -0.25) is 9.59 Å². The number of ether oxygens (including phenoxy) is 1. The summed E-state index contributed by atoms with van der Waals surface area (Å²) < 4.78 is 5.28. The molecule has 1 fully saturated rings. The van der Waals surface area contributed by atoms with Crippen LogP contribution >= 0.6 is 0 Å². The maximum Gasteiger partial charge on any atom is 0.323 e. The first-order chi connectivity index (χ1) is 9.35. The van der Waals surface area contributed by atoms with Crippen molar-refractivity contribution in [2.24, 2.45) is 5.92 Å². The molecule has 0 aromatic heterocycles. The van der Waals surface area contributed by atoms with E-state index in [9.17, 15) is 14.4 Å². The number of hydrogen-bond acceptors (Lipinski definition) is 4. The zero-order chi connectivity index (χ0) is 15.3. The standard InChI is InChI=1S/C12H20N2O6/c1-8-3-4-13(5-9(8)20-2)12(19)14(6-10(15)16)7-11(17)18/h8-9H,3-7H2,1-2H3,(H,15,16)(H,17,18). The number of urea groups is 1. The quantitative estimate of drug-likeness (QED) is 0.733. The molecule has 0 aromatic carbocycles. The zero-order valence-corrected chi connectivity index (χ0v) is 11.6. The maximum atomic E-state index is 12.2. The highest BCUT2D eigenvalue weighted by molar-refractivity contribution is 5.84. The number of aliphatic carboxylic acids is 2. The highest BCUT2D eigenvalue weighted by Crippen LogP contribution is 2.20. The van der Waals surface area contributed by atoms with E-state index >= 15 is 0 Å². The Balaban J connectivity index is 2.73. The Bertz CT molecular complexity index is 370. The molecule has 114 valence electrons. The molecule has 20 heavy (non-hydrogen) atoms. The predicted molar refractivity (Wildman–Crippen MR) is 68.4 cm³/mol. The highest BCUT2D eigenvalue weighted by atomic mass is 16.5. The molecule has 1 rings (SSSR count). The van der Waals surface area contributed by atoms with Gasteiger partial charge < -0.3 is 24.7 Å². The Morgan fingerprint density at radius 3 is 2.25 bits per heavy atom. The van der Waals surface area contributed by atoms with Gasteiger partial charge in [-0.05, 0) is 12.3 Å². The summed E-state index contributed by atoms with van der Waals surface area (Å²) in [5.74, 6) is -2.18. The van der Waals surface area contributed by atoms with Crippen LogP contribution < -0.4 is 0 Å². The van der Waals surface area contributed by atoms with Crippen molar-refractivity contribution >= 4 is 18.0 Å². The number of carboxylic acids is 2. The lowest BCUT2D eigenvalue weighted by atomic mass is 9.96. The summed E-state index contributed by atoms with van der Waals surface area (Å²) in [6, 6.07) is -0.580. The number of piperidine rings is 1. The molecule has 0 aliphatic carbocycles. The van der Waals surface area contributed by atoms with Crippen LogP contribution in [0.3, 0.4) is 0 Å². The number of rotatable bonds is 5. The van der Waals surface area contributed by atoms with E-state index in [-0.39, 0.29) is 6.10 Å². The van der Waals surface area contributed by atoms with Crippen LogP contribution in [-0.2, 0) is 14.3 Å². The van der Waals surface area contributed by atoms with Crippen molar-refractivity contribution < 1.29 is 29.3 Å². The summed E-state index contributed by atoms with van der Waals surface area (Å²) in [5.41, 5.74) is 0. The van der Waals surface area contributed by atoms with Crippen molar-refractivity contribution in [3.63, 3.8) is 0 Å². The van der Waals surface area contributed by atoms with Gasteiger partial charge in [0.2, 0.25) is 0 Å². The second kappa shape index (κ2) is 7.09. The fraction of sp³-hybridized carbons (Fsp3) is 0.750. The largest absolute Gasteiger partial charge is 0.480 e. The average molecular weight is 288 g/mol. The Morgan fingerprint density at radius 2 is 1.80 bits per heavy atom. The van der Waals surface area contributed by atoms with Crippen LogP contribution in [0.4, 0.5) is 4.79 Å². The van der Waals surface area contributed by atoms with Crippen molar-refractivity contribution in [2.45, 2.75) is 19.4 Å². The third-order valence-corrected chi connectivity index (χ3v) is 3.39.